The van der Waals surface area contributed by atoms with E-state index in [1.54, 1.807) is 6.07 Å². The molecule has 1 aromatic carbocycles. The molecule has 0 spiro atoms. The molecule has 5 heteroatoms. The summed E-state index contributed by atoms with van der Waals surface area (Å²) in [5, 5.41) is 0.946. The fraction of sp³-hybridized carbons (Fsp3) is 0.154. The van der Waals surface area contributed by atoms with E-state index in [9.17, 15) is 4.21 Å². The fourth-order valence-corrected chi connectivity index (χ4v) is 3.24. The van der Waals surface area contributed by atoms with Crippen LogP contribution in [0, 0.1) is 0 Å². The summed E-state index contributed by atoms with van der Waals surface area (Å²) in [6.45, 7) is 0. The van der Waals surface area contributed by atoms with Gasteiger partial charge in [0.25, 0.3) is 0 Å². The number of hydrogen-bond acceptors (Lipinski definition) is 2. The normalized spacial score (nSPS) is 12.3. The maximum Gasteiger partial charge on any atom is 0.0715 e. The minimum Gasteiger partial charge on any atom is -0.259 e. The number of nitrogens with zero attached hydrogens (tertiary/aromatic N) is 1. The van der Waals surface area contributed by atoms with Gasteiger partial charge in [-0.05, 0) is 11.6 Å². The van der Waals surface area contributed by atoms with Crippen molar-refractivity contribution in [1.29, 1.82) is 0 Å². The van der Waals surface area contributed by atoms with Crippen molar-refractivity contribution in [2.24, 2.45) is 0 Å². The van der Waals surface area contributed by atoms with E-state index in [1.807, 2.05) is 30.3 Å². The zero-order valence-corrected chi connectivity index (χ0v) is 11.8. The molecule has 0 radical (unpaired) electrons. The first-order valence-electron chi connectivity index (χ1n) is 5.34. The first-order valence-corrected chi connectivity index (χ1v) is 7.58. The lowest BCUT2D eigenvalue weighted by atomic mass is 10.2. The van der Waals surface area contributed by atoms with Crippen molar-refractivity contribution in [1.82, 2.24) is 4.98 Å². The molecule has 0 unspecified atom stereocenters. The van der Waals surface area contributed by atoms with E-state index >= 15 is 0 Å². The second-order valence-corrected chi connectivity index (χ2v) is 6.10. The lowest BCUT2D eigenvalue weighted by Gasteiger charge is -2.04. The maximum atomic E-state index is 12.0. The van der Waals surface area contributed by atoms with Crippen LogP contribution in [0.5, 0.6) is 0 Å². The Balaban J connectivity index is 2.03. The fourth-order valence-electron chi connectivity index (χ4n) is 1.51. The molecular formula is C13H11Cl2NOS. The Morgan fingerprint density at radius 2 is 1.83 bits per heavy atom. The van der Waals surface area contributed by atoms with Gasteiger partial charge in [-0.2, -0.15) is 0 Å². The van der Waals surface area contributed by atoms with Crippen molar-refractivity contribution in [3.63, 3.8) is 0 Å². The van der Waals surface area contributed by atoms with E-state index in [0.717, 1.165) is 5.56 Å². The van der Waals surface area contributed by atoms with Crippen LogP contribution in [0.25, 0.3) is 0 Å². The van der Waals surface area contributed by atoms with E-state index in [2.05, 4.69) is 4.98 Å². The Bertz CT molecular complexity index is 560. The van der Waals surface area contributed by atoms with Gasteiger partial charge in [-0.1, -0.05) is 53.5 Å². The van der Waals surface area contributed by atoms with Crippen LogP contribution in [0.2, 0.25) is 10.0 Å². The average Bonchev–Trinajstić information content (AvgIpc) is 2.34. The molecule has 2 rings (SSSR count). The van der Waals surface area contributed by atoms with Crippen molar-refractivity contribution >= 4 is 34.0 Å². The molecule has 0 saturated heterocycles. The van der Waals surface area contributed by atoms with Gasteiger partial charge in [0.05, 0.1) is 21.5 Å². The van der Waals surface area contributed by atoms with Crippen LogP contribution >= 0.6 is 23.2 Å². The van der Waals surface area contributed by atoms with Gasteiger partial charge in [-0.25, -0.2) is 0 Å². The van der Waals surface area contributed by atoms with Gasteiger partial charge < -0.3 is 0 Å². The molecule has 0 bridgehead atoms. The summed E-state index contributed by atoms with van der Waals surface area (Å²) in [4.78, 5) is 4.10. The average molecular weight is 300 g/mol. The Morgan fingerprint density at radius 3 is 2.50 bits per heavy atom. The standard InChI is InChI=1S/C13H11Cl2NOS/c14-11-6-12(15)13(16-7-11)9-18(17)8-10-4-2-1-3-5-10/h1-7H,8-9H2/t18-/m1/s1. The highest BCUT2D eigenvalue weighted by molar-refractivity contribution is 7.83. The first-order chi connectivity index (χ1) is 8.65. The monoisotopic (exact) mass is 299 g/mol. The summed E-state index contributed by atoms with van der Waals surface area (Å²) < 4.78 is 12.0. The Morgan fingerprint density at radius 1 is 1.11 bits per heavy atom. The van der Waals surface area contributed by atoms with E-state index in [-0.39, 0.29) is 0 Å². The zero-order chi connectivity index (χ0) is 13.0. The van der Waals surface area contributed by atoms with Gasteiger partial charge in [0.15, 0.2) is 0 Å². The molecule has 0 fully saturated rings. The first kappa shape index (κ1) is 13.5. The minimum absolute atomic E-state index is 0.338. The minimum atomic E-state index is -1.03. The Labute approximate surface area is 118 Å². The SMILES string of the molecule is O=[S@](Cc1ccccc1)Cc1ncc(Cl)cc1Cl. The molecule has 0 aliphatic heterocycles. The molecule has 0 N–H and O–H groups in total. The van der Waals surface area contributed by atoms with E-state index in [1.165, 1.54) is 6.20 Å². The summed E-state index contributed by atoms with van der Waals surface area (Å²) in [5.41, 5.74) is 1.66. The van der Waals surface area contributed by atoms with E-state index in [4.69, 9.17) is 23.2 Å². The molecule has 0 amide bonds. The Kier molecular flexibility index (Phi) is 4.75. The van der Waals surface area contributed by atoms with Crippen molar-refractivity contribution < 1.29 is 4.21 Å². The number of aromatic nitrogens is 1. The van der Waals surface area contributed by atoms with Gasteiger partial charge in [-0.15, -0.1) is 0 Å². The molecular weight excluding hydrogens is 289 g/mol. The number of rotatable bonds is 4. The Hall–Kier alpha value is -0.900. The van der Waals surface area contributed by atoms with Crippen molar-refractivity contribution in [3.05, 3.63) is 63.9 Å². The highest BCUT2D eigenvalue weighted by Gasteiger charge is 2.08. The topological polar surface area (TPSA) is 30.0 Å². The zero-order valence-electron chi connectivity index (χ0n) is 9.48. The summed E-state index contributed by atoms with van der Waals surface area (Å²) in [6, 6.07) is 11.3. The molecule has 18 heavy (non-hydrogen) atoms. The third kappa shape index (κ3) is 3.80. The maximum absolute atomic E-state index is 12.0. The second kappa shape index (κ2) is 6.32. The molecule has 94 valence electrons. The molecule has 0 aliphatic carbocycles. The van der Waals surface area contributed by atoms with Crippen LogP contribution in [0.3, 0.4) is 0 Å². The largest absolute Gasteiger partial charge is 0.259 e. The van der Waals surface area contributed by atoms with E-state index < -0.39 is 10.8 Å². The number of hydrogen-bond donors (Lipinski definition) is 0. The summed E-state index contributed by atoms with van der Waals surface area (Å²) in [6.07, 6.45) is 1.52. The van der Waals surface area contributed by atoms with Gasteiger partial charge in [0.2, 0.25) is 0 Å². The highest BCUT2D eigenvalue weighted by Crippen LogP contribution is 2.20. The molecule has 1 heterocycles. The van der Waals surface area contributed by atoms with Crippen LogP contribution in [-0.4, -0.2) is 9.19 Å². The number of halogens is 2. The second-order valence-electron chi connectivity index (χ2n) is 3.80. The lowest BCUT2D eigenvalue weighted by Crippen LogP contribution is -2.01. The van der Waals surface area contributed by atoms with Crippen molar-refractivity contribution in [2.45, 2.75) is 11.5 Å². The number of benzene rings is 1. The molecule has 1 aromatic heterocycles. The van der Waals surface area contributed by atoms with Crippen LogP contribution in [0.15, 0.2) is 42.6 Å². The third-order valence-corrected chi connectivity index (χ3v) is 4.14. The lowest BCUT2D eigenvalue weighted by molar-refractivity contribution is 0.681. The van der Waals surface area contributed by atoms with Gasteiger partial charge in [0, 0.05) is 22.7 Å². The van der Waals surface area contributed by atoms with Gasteiger partial charge in [0.1, 0.15) is 0 Å². The molecule has 2 nitrogen and oxygen atoms in total. The van der Waals surface area contributed by atoms with Crippen LogP contribution in [0.1, 0.15) is 11.3 Å². The summed E-state index contributed by atoms with van der Waals surface area (Å²) >= 11 is 11.8. The predicted octanol–water partition coefficient (Wildman–Crippen LogP) is 3.84. The third-order valence-electron chi connectivity index (χ3n) is 2.35. The number of pyridine rings is 1. The van der Waals surface area contributed by atoms with Crippen LogP contribution in [0.4, 0.5) is 0 Å². The van der Waals surface area contributed by atoms with Crippen LogP contribution < -0.4 is 0 Å². The molecule has 2 aromatic rings. The molecule has 0 saturated carbocycles. The quantitative estimate of drug-likeness (QED) is 0.858. The predicted molar refractivity (Wildman–Crippen MR) is 76.2 cm³/mol. The smallest absolute Gasteiger partial charge is 0.0715 e. The molecule has 0 aliphatic rings. The summed E-state index contributed by atoms with van der Waals surface area (Å²) in [7, 11) is -1.03. The summed E-state index contributed by atoms with van der Waals surface area (Å²) in [5.74, 6) is 0.840. The molecule has 1 atom stereocenters. The van der Waals surface area contributed by atoms with Gasteiger partial charge in [-0.3, -0.25) is 9.19 Å². The van der Waals surface area contributed by atoms with Gasteiger partial charge >= 0.3 is 0 Å². The van der Waals surface area contributed by atoms with E-state index in [0.29, 0.717) is 27.2 Å². The van der Waals surface area contributed by atoms with Crippen molar-refractivity contribution in [3.8, 4) is 0 Å². The van der Waals surface area contributed by atoms with Crippen molar-refractivity contribution in [2.75, 3.05) is 0 Å². The highest BCUT2D eigenvalue weighted by atomic mass is 35.5. The van der Waals surface area contributed by atoms with Crippen LogP contribution in [-0.2, 0) is 22.3 Å².